The van der Waals surface area contributed by atoms with E-state index in [0.717, 1.165) is 34.8 Å². The molecule has 2 aromatic rings. The summed E-state index contributed by atoms with van der Waals surface area (Å²) in [6.07, 6.45) is 2.26. The van der Waals surface area contributed by atoms with E-state index in [-0.39, 0.29) is 5.75 Å². The van der Waals surface area contributed by atoms with Gasteiger partial charge in [-0.1, -0.05) is 11.8 Å². The molecule has 0 saturated heterocycles. The van der Waals surface area contributed by atoms with Crippen LogP contribution >= 0.6 is 11.8 Å². The molecule has 1 aromatic carbocycles. The first kappa shape index (κ1) is 12.3. The lowest BCUT2D eigenvalue weighted by molar-refractivity contribution is -0.133. The Morgan fingerprint density at radius 3 is 3.00 bits per heavy atom. The zero-order chi connectivity index (χ0) is 13.4. The molecule has 0 atom stereocenters. The van der Waals surface area contributed by atoms with E-state index >= 15 is 0 Å². The molecule has 5 nitrogen and oxygen atoms in total. The van der Waals surface area contributed by atoms with Crippen molar-refractivity contribution < 1.29 is 14.6 Å². The van der Waals surface area contributed by atoms with Crippen LogP contribution in [0.15, 0.2) is 23.4 Å². The summed E-state index contributed by atoms with van der Waals surface area (Å²) >= 11 is 1.27. The number of thioether (sulfide) groups is 1. The van der Waals surface area contributed by atoms with E-state index in [2.05, 4.69) is 9.55 Å². The van der Waals surface area contributed by atoms with Crippen LogP contribution in [0.2, 0.25) is 0 Å². The van der Waals surface area contributed by atoms with Crippen LogP contribution in [0, 0.1) is 0 Å². The molecule has 6 heteroatoms. The number of aromatic nitrogens is 2. The van der Waals surface area contributed by atoms with Crippen molar-refractivity contribution in [3.05, 3.63) is 18.2 Å². The van der Waals surface area contributed by atoms with Crippen molar-refractivity contribution in [2.45, 2.75) is 24.0 Å². The Bertz CT molecular complexity index is 634. The van der Waals surface area contributed by atoms with Crippen LogP contribution in [-0.4, -0.2) is 33.5 Å². The van der Waals surface area contributed by atoms with Gasteiger partial charge in [-0.15, -0.1) is 0 Å². The van der Waals surface area contributed by atoms with Gasteiger partial charge in [-0.05, 0) is 25.0 Å². The van der Waals surface area contributed by atoms with Crippen LogP contribution in [0.3, 0.4) is 0 Å². The second kappa shape index (κ2) is 4.77. The fourth-order valence-corrected chi connectivity index (χ4v) is 2.89. The van der Waals surface area contributed by atoms with E-state index in [1.165, 1.54) is 11.8 Å². The van der Waals surface area contributed by atoms with Crippen molar-refractivity contribution in [2.75, 3.05) is 12.9 Å². The zero-order valence-corrected chi connectivity index (χ0v) is 11.3. The molecule has 0 spiro atoms. The second-order valence-corrected chi connectivity index (χ2v) is 5.48. The summed E-state index contributed by atoms with van der Waals surface area (Å²) in [5, 5.41) is 9.58. The summed E-state index contributed by atoms with van der Waals surface area (Å²) in [7, 11) is 1.64. The number of imidazole rings is 1. The van der Waals surface area contributed by atoms with Gasteiger partial charge in [0.25, 0.3) is 0 Å². The van der Waals surface area contributed by atoms with Crippen molar-refractivity contribution in [1.82, 2.24) is 9.55 Å². The number of aliphatic carboxylic acids is 1. The highest BCUT2D eigenvalue weighted by Gasteiger charge is 2.28. The van der Waals surface area contributed by atoms with Gasteiger partial charge in [-0.25, -0.2) is 4.98 Å². The van der Waals surface area contributed by atoms with Crippen LogP contribution in [0.25, 0.3) is 11.0 Å². The summed E-state index contributed by atoms with van der Waals surface area (Å²) in [6.45, 7) is 0. The molecule has 0 aliphatic heterocycles. The average Bonchev–Trinajstić information content (AvgIpc) is 3.16. The highest BCUT2D eigenvalue weighted by molar-refractivity contribution is 7.99. The first-order valence-corrected chi connectivity index (χ1v) is 7.08. The summed E-state index contributed by atoms with van der Waals surface area (Å²) in [5.74, 6) is 0.00811. The predicted molar refractivity (Wildman–Crippen MR) is 72.9 cm³/mol. The van der Waals surface area contributed by atoms with E-state index < -0.39 is 5.97 Å². The third-order valence-corrected chi connectivity index (χ3v) is 4.04. The zero-order valence-electron chi connectivity index (χ0n) is 10.5. The predicted octanol–water partition coefficient (Wildman–Crippen LogP) is 2.56. The number of hydrogen-bond donors (Lipinski definition) is 1. The summed E-state index contributed by atoms with van der Waals surface area (Å²) in [6, 6.07) is 6.20. The van der Waals surface area contributed by atoms with E-state index in [4.69, 9.17) is 9.84 Å². The number of carboxylic acids is 1. The van der Waals surface area contributed by atoms with Crippen LogP contribution in [0.4, 0.5) is 0 Å². The molecular weight excluding hydrogens is 264 g/mol. The van der Waals surface area contributed by atoms with Crippen LogP contribution in [-0.2, 0) is 4.79 Å². The Morgan fingerprint density at radius 1 is 1.58 bits per heavy atom. The number of nitrogens with zero attached hydrogens (tertiary/aromatic N) is 2. The number of carboxylic acid groups (broad SMARTS) is 1. The van der Waals surface area contributed by atoms with Gasteiger partial charge < -0.3 is 14.4 Å². The lowest BCUT2D eigenvalue weighted by atomic mass is 10.3. The first-order chi connectivity index (χ1) is 9.19. The third-order valence-electron chi connectivity index (χ3n) is 3.10. The summed E-state index contributed by atoms with van der Waals surface area (Å²) in [4.78, 5) is 15.2. The molecule has 19 heavy (non-hydrogen) atoms. The minimum Gasteiger partial charge on any atom is -0.497 e. The molecule has 100 valence electrons. The van der Waals surface area contributed by atoms with Crippen molar-refractivity contribution in [1.29, 1.82) is 0 Å². The lowest BCUT2D eigenvalue weighted by Crippen LogP contribution is -2.02. The lowest BCUT2D eigenvalue weighted by Gasteiger charge is -2.06. The van der Waals surface area contributed by atoms with E-state index in [1.807, 2.05) is 18.2 Å². The molecule has 1 heterocycles. The average molecular weight is 278 g/mol. The molecule has 1 fully saturated rings. The third kappa shape index (κ3) is 2.40. The maximum Gasteiger partial charge on any atom is 0.313 e. The van der Waals surface area contributed by atoms with Gasteiger partial charge in [0.15, 0.2) is 5.16 Å². The molecule has 1 aromatic heterocycles. The molecule has 1 aliphatic carbocycles. The minimum absolute atomic E-state index is 0.0349. The second-order valence-electron chi connectivity index (χ2n) is 4.53. The van der Waals surface area contributed by atoms with Crippen LogP contribution < -0.4 is 4.74 Å². The maximum atomic E-state index is 10.7. The topological polar surface area (TPSA) is 64.3 Å². The van der Waals surface area contributed by atoms with Gasteiger partial charge in [0, 0.05) is 12.1 Å². The standard InChI is InChI=1S/C13H14N2O3S/c1-18-9-4-5-10-11(6-9)15(8-2-3-8)13(14-10)19-7-12(16)17/h4-6,8H,2-3,7H2,1H3,(H,16,17). The van der Waals surface area contributed by atoms with Crippen molar-refractivity contribution in [3.8, 4) is 5.75 Å². The van der Waals surface area contributed by atoms with Crippen molar-refractivity contribution >= 4 is 28.8 Å². The van der Waals surface area contributed by atoms with Crippen LogP contribution in [0.5, 0.6) is 5.75 Å². The molecule has 0 radical (unpaired) electrons. The minimum atomic E-state index is -0.822. The van der Waals surface area contributed by atoms with Gasteiger partial charge in [-0.2, -0.15) is 0 Å². The van der Waals surface area contributed by atoms with Gasteiger partial charge in [0.2, 0.25) is 0 Å². The Balaban J connectivity index is 2.05. The molecule has 1 saturated carbocycles. The number of benzene rings is 1. The van der Waals surface area contributed by atoms with Crippen LogP contribution in [0.1, 0.15) is 18.9 Å². The van der Waals surface area contributed by atoms with Gasteiger partial charge in [-0.3, -0.25) is 4.79 Å². The Morgan fingerprint density at radius 2 is 2.37 bits per heavy atom. The molecule has 3 rings (SSSR count). The van der Waals surface area contributed by atoms with Crippen molar-refractivity contribution in [2.24, 2.45) is 0 Å². The molecule has 0 bridgehead atoms. The summed E-state index contributed by atoms with van der Waals surface area (Å²) < 4.78 is 7.39. The van der Waals surface area contributed by atoms with Gasteiger partial charge in [0.1, 0.15) is 5.75 Å². The fourth-order valence-electron chi connectivity index (χ4n) is 2.09. The highest BCUT2D eigenvalue weighted by atomic mass is 32.2. The first-order valence-electron chi connectivity index (χ1n) is 6.09. The number of hydrogen-bond acceptors (Lipinski definition) is 4. The molecule has 0 unspecified atom stereocenters. The number of ether oxygens (including phenoxy) is 1. The fraction of sp³-hybridized carbons (Fsp3) is 0.385. The smallest absolute Gasteiger partial charge is 0.313 e. The number of carbonyl (C=O) groups is 1. The Hall–Kier alpha value is -1.69. The normalized spacial score (nSPS) is 14.8. The maximum absolute atomic E-state index is 10.7. The molecule has 0 amide bonds. The van der Waals surface area contributed by atoms with Gasteiger partial charge in [0.05, 0.1) is 23.9 Å². The quantitative estimate of drug-likeness (QED) is 0.851. The highest BCUT2D eigenvalue weighted by Crippen LogP contribution is 2.41. The molecule has 1 aliphatic rings. The van der Waals surface area contributed by atoms with Gasteiger partial charge >= 0.3 is 5.97 Å². The number of fused-ring (bicyclic) bond motifs is 1. The Kier molecular flexibility index (Phi) is 3.10. The van der Waals surface area contributed by atoms with E-state index in [9.17, 15) is 4.79 Å². The SMILES string of the molecule is COc1ccc2nc(SCC(=O)O)n(C3CC3)c2c1. The van der Waals surface area contributed by atoms with E-state index in [1.54, 1.807) is 7.11 Å². The number of methoxy groups -OCH3 is 1. The summed E-state index contributed by atoms with van der Waals surface area (Å²) in [5.41, 5.74) is 1.91. The monoisotopic (exact) mass is 278 g/mol. The largest absolute Gasteiger partial charge is 0.497 e. The molecular formula is C13H14N2O3S. The molecule has 1 N–H and O–H groups in total. The van der Waals surface area contributed by atoms with Crippen molar-refractivity contribution in [3.63, 3.8) is 0 Å². The van der Waals surface area contributed by atoms with E-state index in [0.29, 0.717) is 6.04 Å². The number of rotatable bonds is 5. The Labute approximate surface area is 114 Å².